The standard InChI is InChI=1S/C18H23NO4/c1-12-4-2-3-5-14(12)15-10-16(15)18(22)19(11-17(20)21)13-6-8-23-9-7-13/h2-5,13,15-16H,6-11H2,1H3,(H,20,21)/t15-,16+/m0/s1. The van der Waals surface area contributed by atoms with Gasteiger partial charge in [0.05, 0.1) is 0 Å². The summed E-state index contributed by atoms with van der Waals surface area (Å²) in [6.45, 7) is 3.04. The molecule has 1 aliphatic carbocycles. The highest BCUT2D eigenvalue weighted by Crippen LogP contribution is 2.49. The number of benzene rings is 1. The molecule has 0 unspecified atom stereocenters. The molecule has 3 rings (SSSR count). The van der Waals surface area contributed by atoms with Gasteiger partial charge in [-0.1, -0.05) is 24.3 Å². The number of aliphatic carboxylic acids is 1. The number of nitrogens with zero attached hydrogens (tertiary/aromatic N) is 1. The first-order valence-corrected chi connectivity index (χ1v) is 8.23. The Balaban J connectivity index is 1.71. The predicted molar refractivity (Wildman–Crippen MR) is 85.2 cm³/mol. The van der Waals surface area contributed by atoms with Crippen molar-refractivity contribution in [3.8, 4) is 0 Å². The average molecular weight is 317 g/mol. The fourth-order valence-electron chi connectivity index (χ4n) is 3.56. The lowest BCUT2D eigenvalue weighted by Gasteiger charge is -2.33. The zero-order valence-corrected chi connectivity index (χ0v) is 13.4. The van der Waals surface area contributed by atoms with Crippen LogP contribution in [0.3, 0.4) is 0 Å². The number of hydrogen-bond acceptors (Lipinski definition) is 3. The highest BCUT2D eigenvalue weighted by Gasteiger charge is 2.47. The second kappa shape index (κ2) is 6.71. The van der Waals surface area contributed by atoms with Gasteiger partial charge in [-0.3, -0.25) is 9.59 Å². The third-order valence-electron chi connectivity index (χ3n) is 4.92. The van der Waals surface area contributed by atoms with E-state index in [9.17, 15) is 9.59 Å². The zero-order chi connectivity index (χ0) is 16.4. The zero-order valence-electron chi connectivity index (χ0n) is 13.4. The number of aryl methyl sites for hydroxylation is 1. The minimum absolute atomic E-state index is 0.00690. The second-order valence-electron chi connectivity index (χ2n) is 6.51. The van der Waals surface area contributed by atoms with Gasteiger partial charge in [0.15, 0.2) is 0 Å². The van der Waals surface area contributed by atoms with Crippen LogP contribution in [0.2, 0.25) is 0 Å². The van der Waals surface area contributed by atoms with Gasteiger partial charge in [0.25, 0.3) is 0 Å². The summed E-state index contributed by atoms with van der Waals surface area (Å²) in [5.74, 6) is -0.788. The van der Waals surface area contributed by atoms with Gasteiger partial charge in [-0.05, 0) is 43.2 Å². The van der Waals surface area contributed by atoms with E-state index < -0.39 is 5.97 Å². The van der Waals surface area contributed by atoms with Crippen LogP contribution in [-0.2, 0) is 14.3 Å². The first-order chi connectivity index (χ1) is 11.1. The lowest BCUT2D eigenvalue weighted by molar-refractivity contribution is -0.148. The summed E-state index contributed by atoms with van der Waals surface area (Å²) < 4.78 is 5.33. The smallest absolute Gasteiger partial charge is 0.323 e. The number of carboxylic acid groups (broad SMARTS) is 1. The number of ether oxygens (including phenoxy) is 1. The van der Waals surface area contributed by atoms with Crippen molar-refractivity contribution in [2.45, 2.75) is 38.1 Å². The topological polar surface area (TPSA) is 66.8 Å². The molecule has 0 aromatic heterocycles. The molecule has 1 heterocycles. The summed E-state index contributed by atoms with van der Waals surface area (Å²) in [5.41, 5.74) is 2.41. The van der Waals surface area contributed by atoms with Gasteiger partial charge >= 0.3 is 5.97 Å². The molecule has 1 aromatic carbocycles. The van der Waals surface area contributed by atoms with Crippen LogP contribution in [0.4, 0.5) is 0 Å². The van der Waals surface area contributed by atoms with E-state index in [4.69, 9.17) is 9.84 Å². The molecule has 0 bridgehead atoms. The molecule has 1 saturated carbocycles. The van der Waals surface area contributed by atoms with Gasteiger partial charge in [-0.15, -0.1) is 0 Å². The van der Waals surface area contributed by atoms with E-state index in [1.165, 1.54) is 11.1 Å². The fraction of sp³-hybridized carbons (Fsp3) is 0.556. The molecule has 2 aliphatic rings. The van der Waals surface area contributed by atoms with Crippen molar-refractivity contribution in [2.75, 3.05) is 19.8 Å². The lowest BCUT2D eigenvalue weighted by Crippen LogP contribution is -2.46. The Morgan fingerprint density at radius 2 is 1.96 bits per heavy atom. The van der Waals surface area contributed by atoms with Crippen LogP contribution in [0.25, 0.3) is 0 Å². The summed E-state index contributed by atoms with van der Waals surface area (Å²) >= 11 is 0. The number of carbonyl (C=O) groups is 2. The van der Waals surface area contributed by atoms with Gasteiger partial charge < -0.3 is 14.7 Å². The number of carbonyl (C=O) groups excluding carboxylic acids is 1. The van der Waals surface area contributed by atoms with Crippen molar-refractivity contribution in [3.63, 3.8) is 0 Å². The van der Waals surface area contributed by atoms with Gasteiger partial charge in [-0.25, -0.2) is 0 Å². The van der Waals surface area contributed by atoms with Gasteiger partial charge in [-0.2, -0.15) is 0 Å². The third-order valence-corrected chi connectivity index (χ3v) is 4.92. The number of amides is 1. The largest absolute Gasteiger partial charge is 0.480 e. The maximum atomic E-state index is 12.9. The average Bonchev–Trinajstić information content (AvgIpc) is 3.33. The molecule has 23 heavy (non-hydrogen) atoms. The van der Waals surface area contributed by atoms with Crippen LogP contribution >= 0.6 is 0 Å². The van der Waals surface area contributed by atoms with E-state index in [1.807, 2.05) is 12.1 Å². The van der Waals surface area contributed by atoms with E-state index in [1.54, 1.807) is 4.90 Å². The monoisotopic (exact) mass is 317 g/mol. The minimum Gasteiger partial charge on any atom is -0.480 e. The van der Waals surface area contributed by atoms with E-state index in [-0.39, 0.29) is 30.3 Å². The number of carboxylic acids is 1. The second-order valence-corrected chi connectivity index (χ2v) is 6.51. The summed E-state index contributed by atoms with van der Waals surface area (Å²) in [7, 11) is 0. The van der Waals surface area contributed by atoms with Crippen LogP contribution in [0, 0.1) is 12.8 Å². The predicted octanol–water partition coefficient (Wildman–Crippen LogP) is 2.19. The summed E-state index contributed by atoms with van der Waals surface area (Å²) in [4.78, 5) is 25.6. The normalized spacial score (nSPS) is 24.2. The van der Waals surface area contributed by atoms with Crippen molar-refractivity contribution in [3.05, 3.63) is 35.4 Å². The Kier molecular flexibility index (Phi) is 4.66. The molecule has 1 saturated heterocycles. The molecular formula is C18H23NO4. The van der Waals surface area contributed by atoms with Crippen molar-refractivity contribution < 1.29 is 19.4 Å². The van der Waals surface area contributed by atoms with Crippen LogP contribution in [0.15, 0.2) is 24.3 Å². The molecule has 0 radical (unpaired) electrons. The summed E-state index contributed by atoms with van der Waals surface area (Å²) in [5, 5.41) is 9.17. The van der Waals surface area contributed by atoms with Gasteiger partial charge in [0, 0.05) is 25.2 Å². The lowest BCUT2D eigenvalue weighted by atomic mass is 10.0. The Bertz CT molecular complexity index is 594. The number of rotatable bonds is 5. The van der Waals surface area contributed by atoms with Crippen molar-refractivity contribution in [1.82, 2.24) is 4.90 Å². The minimum atomic E-state index is -0.946. The van der Waals surface area contributed by atoms with Crippen molar-refractivity contribution >= 4 is 11.9 Å². The Labute approximate surface area is 136 Å². The molecule has 1 aromatic rings. The molecule has 124 valence electrons. The van der Waals surface area contributed by atoms with E-state index in [0.717, 1.165) is 19.3 Å². The van der Waals surface area contributed by atoms with Crippen molar-refractivity contribution in [1.29, 1.82) is 0 Å². The highest BCUT2D eigenvalue weighted by atomic mass is 16.5. The molecule has 5 nitrogen and oxygen atoms in total. The van der Waals surface area contributed by atoms with E-state index in [2.05, 4.69) is 19.1 Å². The van der Waals surface area contributed by atoms with Crippen LogP contribution < -0.4 is 0 Å². The first-order valence-electron chi connectivity index (χ1n) is 8.23. The fourth-order valence-corrected chi connectivity index (χ4v) is 3.56. The molecule has 0 spiro atoms. The third kappa shape index (κ3) is 3.55. The summed E-state index contributed by atoms with van der Waals surface area (Å²) in [6, 6.07) is 8.11. The molecule has 1 amide bonds. The summed E-state index contributed by atoms with van der Waals surface area (Å²) in [6.07, 6.45) is 2.27. The SMILES string of the molecule is Cc1ccccc1[C@@H]1C[C@H]1C(=O)N(CC(=O)O)C1CCOCC1. The molecule has 2 atom stereocenters. The Hall–Kier alpha value is -1.88. The molecular weight excluding hydrogens is 294 g/mol. The Morgan fingerprint density at radius 3 is 2.61 bits per heavy atom. The van der Waals surface area contributed by atoms with Gasteiger partial charge in [0.1, 0.15) is 6.54 Å². The maximum absolute atomic E-state index is 12.9. The number of hydrogen-bond donors (Lipinski definition) is 1. The maximum Gasteiger partial charge on any atom is 0.323 e. The van der Waals surface area contributed by atoms with Gasteiger partial charge in [0.2, 0.25) is 5.91 Å². The van der Waals surface area contributed by atoms with Crippen LogP contribution in [0.5, 0.6) is 0 Å². The van der Waals surface area contributed by atoms with E-state index >= 15 is 0 Å². The van der Waals surface area contributed by atoms with Crippen molar-refractivity contribution in [2.24, 2.45) is 5.92 Å². The highest BCUT2D eigenvalue weighted by molar-refractivity contribution is 5.86. The quantitative estimate of drug-likeness (QED) is 0.904. The molecule has 2 fully saturated rings. The van der Waals surface area contributed by atoms with E-state index in [0.29, 0.717) is 13.2 Å². The first kappa shape index (κ1) is 16.0. The molecule has 1 N–H and O–H groups in total. The molecule has 1 aliphatic heterocycles. The van der Waals surface area contributed by atoms with Crippen LogP contribution in [-0.4, -0.2) is 47.7 Å². The molecule has 5 heteroatoms. The van der Waals surface area contributed by atoms with Crippen LogP contribution in [0.1, 0.15) is 36.3 Å². The Morgan fingerprint density at radius 1 is 1.26 bits per heavy atom.